The van der Waals surface area contributed by atoms with Crippen LogP contribution in [0.1, 0.15) is 42.4 Å². The van der Waals surface area contributed by atoms with E-state index in [2.05, 4.69) is 0 Å². The molecule has 0 spiro atoms. The molecule has 0 aliphatic carbocycles. The lowest BCUT2D eigenvalue weighted by Crippen LogP contribution is -2.55. The molecule has 3 aromatic rings. The van der Waals surface area contributed by atoms with E-state index in [1.54, 1.807) is 9.80 Å². The Balaban J connectivity index is 1.38. The van der Waals surface area contributed by atoms with Crippen molar-refractivity contribution in [2.24, 2.45) is 0 Å². The topological polar surface area (TPSA) is 70.1 Å². The number of nitrogens with zero attached hydrogens (tertiary/aromatic N) is 2. The van der Waals surface area contributed by atoms with E-state index in [1.165, 1.54) is 0 Å². The fraction of sp³-hybridized carbons (Fsp3) is 0.333. The van der Waals surface area contributed by atoms with Gasteiger partial charge in [0.15, 0.2) is 0 Å². The number of carbonyl (C=O) groups is 2. The van der Waals surface area contributed by atoms with Crippen LogP contribution < -0.4 is 0 Å². The van der Waals surface area contributed by atoms with E-state index in [0.29, 0.717) is 25.9 Å². The van der Waals surface area contributed by atoms with Crippen molar-refractivity contribution in [2.45, 2.75) is 50.0 Å². The first kappa shape index (κ1) is 24.1. The molecule has 0 unspecified atom stereocenters. The number of hydrogen-bond donors (Lipinski definition) is 1. The van der Waals surface area contributed by atoms with Crippen molar-refractivity contribution in [3.8, 4) is 0 Å². The van der Waals surface area contributed by atoms with E-state index < -0.39 is 23.8 Å². The van der Waals surface area contributed by atoms with Gasteiger partial charge < -0.3 is 14.7 Å². The maximum atomic E-state index is 13.9. The van der Waals surface area contributed by atoms with Crippen molar-refractivity contribution in [1.82, 2.24) is 9.80 Å². The second-order valence-corrected chi connectivity index (χ2v) is 9.58. The summed E-state index contributed by atoms with van der Waals surface area (Å²) in [4.78, 5) is 30.2. The summed E-state index contributed by atoms with van der Waals surface area (Å²) in [6, 6.07) is 27.6. The Labute approximate surface area is 212 Å². The smallest absolute Gasteiger partial charge is 0.410 e. The van der Waals surface area contributed by atoms with Crippen LogP contribution in [0, 0.1) is 0 Å². The van der Waals surface area contributed by atoms with Gasteiger partial charge >= 0.3 is 6.09 Å². The highest BCUT2D eigenvalue weighted by Gasteiger charge is 2.49. The molecule has 6 nitrogen and oxygen atoms in total. The Bertz CT molecular complexity index is 1130. The van der Waals surface area contributed by atoms with Crippen LogP contribution in [0.3, 0.4) is 0 Å². The second-order valence-electron chi connectivity index (χ2n) is 9.58. The summed E-state index contributed by atoms with van der Waals surface area (Å²) in [5, 5.41) is 12.3. The number of carbonyl (C=O) groups excluding carboxylic acids is 2. The van der Waals surface area contributed by atoms with Gasteiger partial charge in [-0.3, -0.25) is 9.69 Å². The molecule has 1 N–H and O–H groups in total. The largest absolute Gasteiger partial charge is 0.445 e. The van der Waals surface area contributed by atoms with E-state index in [9.17, 15) is 14.7 Å². The Morgan fingerprint density at radius 1 is 0.778 bits per heavy atom. The maximum absolute atomic E-state index is 13.9. The first-order valence-electron chi connectivity index (χ1n) is 12.7. The van der Waals surface area contributed by atoms with Gasteiger partial charge in [0.05, 0.1) is 6.04 Å². The molecule has 0 radical (unpaired) electrons. The number of aliphatic hydroxyl groups is 1. The van der Waals surface area contributed by atoms with Crippen molar-refractivity contribution in [1.29, 1.82) is 0 Å². The summed E-state index contributed by atoms with van der Waals surface area (Å²) in [6.07, 6.45) is 2.35. The van der Waals surface area contributed by atoms with Gasteiger partial charge in [-0.05, 0) is 42.4 Å². The minimum Gasteiger partial charge on any atom is -0.445 e. The van der Waals surface area contributed by atoms with E-state index in [0.717, 1.165) is 29.5 Å². The molecule has 2 aliphatic rings. The standard InChI is InChI=1S/C30H32N2O4/c33-28(26-18-10-20-31(26)29(34)36-22-23-12-4-1-5-13-23)32-21-11-19-27(32)30(35,24-14-6-2-7-15-24)25-16-8-3-9-17-25/h1-9,12-17,26-27,35H,10-11,18-22H2/t26-,27+/m0/s1. The average Bonchev–Trinajstić information content (AvgIpc) is 3.63. The first-order chi connectivity index (χ1) is 17.6. The lowest BCUT2D eigenvalue weighted by molar-refractivity contribution is -0.141. The monoisotopic (exact) mass is 484 g/mol. The van der Waals surface area contributed by atoms with Crippen LogP contribution in [0.2, 0.25) is 0 Å². The number of hydrogen-bond acceptors (Lipinski definition) is 4. The van der Waals surface area contributed by atoms with Crippen LogP contribution in [0.15, 0.2) is 91.0 Å². The van der Waals surface area contributed by atoms with Crippen LogP contribution in [0.4, 0.5) is 4.79 Å². The quantitative estimate of drug-likeness (QED) is 0.550. The van der Waals surface area contributed by atoms with E-state index in [1.807, 2.05) is 91.0 Å². The van der Waals surface area contributed by atoms with Gasteiger partial charge in [0.1, 0.15) is 18.2 Å². The summed E-state index contributed by atoms with van der Waals surface area (Å²) < 4.78 is 5.55. The molecule has 36 heavy (non-hydrogen) atoms. The minimum atomic E-state index is -1.36. The summed E-state index contributed by atoms with van der Waals surface area (Å²) in [5.41, 5.74) is 1.06. The SMILES string of the molecule is O=C(OCc1ccccc1)N1CCC[C@H]1C(=O)N1CCC[C@@H]1C(O)(c1ccccc1)c1ccccc1. The van der Waals surface area contributed by atoms with Gasteiger partial charge in [-0.2, -0.15) is 0 Å². The molecule has 2 fully saturated rings. The Hall–Kier alpha value is -3.64. The predicted molar refractivity (Wildman–Crippen MR) is 137 cm³/mol. The summed E-state index contributed by atoms with van der Waals surface area (Å²) in [5.74, 6) is -0.114. The van der Waals surface area contributed by atoms with Crippen LogP contribution in [0.25, 0.3) is 0 Å². The fourth-order valence-corrected chi connectivity index (χ4v) is 5.64. The average molecular weight is 485 g/mol. The van der Waals surface area contributed by atoms with E-state index >= 15 is 0 Å². The van der Waals surface area contributed by atoms with Crippen LogP contribution in [0.5, 0.6) is 0 Å². The molecule has 3 aromatic carbocycles. The first-order valence-corrected chi connectivity index (χ1v) is 12.7. The third-order valence-electron chi connectivity index (χ3n) is 7.42. The molecule has 5 rings (SSSR count). The zero-order valence-corrected chi connectivity index (χ0v) is 20.3. The molecule has 0 saturated carbocycles. The molecular formula is C30H32N2O4. The van der Waals surface area contributed by atoms with Crippen LogP contribution >= 0.6 is 0 Å². The van der Waals surface area contributed by atoms with E-state index in [4.69, 9.17) is 4.74 Å². The number of benzene rings is 3. The molecule has 186 valence electrons. The normalized spacial score (nSPS) is 19.9. The molecule has 2 atom stereocenters. The highest BCUT2D eigenvalue weighted by molar-refractivity contribution is 5.87. The lowest BCUT2D eigenvalue weighted by atomic mass is 9.79. The number of rotatable bonds is 6. The Morgan fingerprint density at radius 2 is 1.31 bits per heavy atom. The minimum absolute atomic E-state index is 0.114. The number of ether oxygens (including phenoxy) is 1. The fourth-order valence-electron chi connectivity index (χ4n) is 5.64. The summed E-state index contributed by atoms with van der Waals surface area (Å²) in [7, 11) is 0. The summed E-state index contributed by atoms with van der Waals surface area (Å²) in [6.45, 7) is 1.21. The molecule has 2 heterocycles. The van der Waals surface area contributed by atoms with Gasteiger partial charge in [-0.15, -0.1) is 0 Å². The molecule has 2 aliphatic heterocycles. The third kappa shape index (κ3) is 4.61. The molecule has 0 aromatic heterocycles. The van der Waals surface area contributed by atoms with Crippen LogP contribution in [-0.4, -0.2) is 52.1 Å². The van der Waals surface area contributed by atoms with Crippen molar-refractivity contribution < 1.29 is 19.4 Å². The lowest BCUT2D eigenvalue weighted by Gasteiger charge is -2.41. The third-order valence-corrected chi connectivity index (χ3v) is 7.42. The second kappa shape index (κ2) is 10.5. The van der Waals surface area contributed by atoms with Crippen molar-refractivity contribution >= 4 is 12.0 Å². The van der Waals surface area contributed by atoms with Crippen LogP contribution in [-0.2, 0) is 21.7 Å². The predicted octanol–water partition coefficient (Wildman–Crippen LogP) is 4.71. The molecule has 0 bridgehead atoms. The van der Waals surface area contributed by atoms with E-state index in [-0.39, 0.29) is 12.5 Å². The molecular weight excluding hydrogens is 452 g/mol. The van der Waals surface area contributed by atoms with Crippen molar-refractivity contribution in [2.75, 3.05) is 13.1 Å². The van der Waals surface area contributed by atoms with Gasteiger partial charge in [-0.1, -0.05) is 91.0 Å². The number of likely N-dealkylation sites (tertiary alicyclic amines) is 2. The Morgan fingerprint density at radius 3 is 1.92 bits per heavy atom. The maximum Gasteiger partial charge on any atom is 0.410 e. The zero-order chi connectivity index (χ0) is 25.0. The zero-order valence-electron chi connectivity index (χ0n) is 20.3. The van der Waals surface area contributed by atoms with Gasteiger partial charge in [-0.25, -0.2) is 4.79 Å². The van der Waals surface area contributed by atoms with Gasteiger partial charge in [0, 0.05) is 13.1 Å². The molecule has 2 amide bonds. The summed E-state index contributed by atoms with van der Waals surface area (Å²) >= 11 is 0. The van der Waals surface area contributed by atoms with Crippen molar-refractivity contribution in [3.63, 3.8) is 0 Å². The molecule has 2 saturated heterocycles. The number of amides is 2. The Kier molecular flexibility index (Phi) is 7.05. The highest BCUT2D eigenvalue weighted by atomic mass is 16.6. The van der Waals surface area contributed by atoms with Crippen molar-refractivity contribution in [3.05, 3.63) is 108 Å². The van der Waals surface area contributed by atoms with Gasteiger partial charge in [0.25, 0.3) is 0 Å². The highest BCUT2D eigenvalue weighted by Crippen LogP contribution is 2.41. The molecule has 6 heteroatoms. The van der Waals surface area contributed by atoms with Gasteiger partial charge in [0.2, 0.25) is 5.91 Å².